The van der Waals surface area contributed by atoms with Crippen LogP contribution >= 0.6 is 0 Å². The van der Waals surface area contributed by atoms with E-state index in [1.54, 1.807) is 0 Å². The highest BCUT2D eigenvalue weighted by Gasteiger charge is 2.37. The summed E-state index contributed by atoms with van der Waals surface area (Å²) in [5, 5.41) is 8.88. The monoisotopic (exact) mass is 274 g/mol. The molecule has 19 heavy (non-hydrogen) atoms. The molecule has 3 nitrogen and oxygen atoms in total. The Labute approximate surface area is 108 Å². The van der Waals surface area contributed by atoms with Gasteiger partial charge in [0.05, 0.1) is 13.5 Å². The van der Waals surface area contributed by atoms with Crippen molar-refractivity contribution < 1.29 is 27.8 Å². The predicted molar refractivity (Wildman–Crippen MR) is 60.6 cm³/mol. The molecule has 0 aliphatic heterocycles. The van der Waals surface area contributed by atoms with Gasteiger partial charge in [0.1, 0.15) is 0 Å². The summed E-state index contributed by atoms with van der Waals surface area (Å²) in [4.78, 5) is 10.8. The Kier molecular flexibility index (Phi) is 3.68. The summed E-state index contributed by atoms with van der Waals surface area (Å²) in [6.45, 7) is 0. The van der Waals surface area contributed by atoms with Gasteiger partial charge in [0.25, 0.3) is 0 Å². The molecule has 0 radical (unpaired) electrons. The van der Waals surface area contributed by atoms with Crippen LogP contribution in [0.3, 0.4) is 0 Å². The van der Waals surface area contributed by atoms with Gasteiger partial charge in [-0.05, 0) is 24.8 Å². The Bertz CT molecular complexity index is 512. The molecule has 1 atom stereocenters. The van der Waals surface area contributed by atoms with E-state index in [1.165, 1.54) is 0 Å². The minimum Gasteiger partial charge on any atom is -0.493 e. The van der Waals surface area contributed by atoms with Gasteiger partial charge in [-0.1, -0.05) is 0 Å². The lowest BCUT2D eigenvalue weighted by atomic mass is 9.90. The van der Waals surface area contributed by atoms with E-state index in [4.69, 9.17) is 9.84 Å². The molecule has 104 valence electrons. The third-order valence-corrected chi connectivity index (χ3v) is 3.34. The fourth-order valence-corrected chi connectivity index (χ4v) is 2.30. The third-order valence-electron chi connectivity index (χ3n) is 3.34. The lowest BCUT2D eigenvalue weighted by molar-refractivity contribution is -0.137. The van der Waals surface area contributed by atoms with Gasteiger partial charge in [0.2, 0.25) is 5.82 Å². The first kappa shape index (κ1) is 13.7. The fraction of sp³-hybridized carbons (Fsp3) is 0.462. The van der Waals surface area contributed by atoms with E-state index in [0.29, 0.717) is 0 Å². The van der Waals surface area contributed by atoms with Crippen LogP contribution < -0.4 is 4.74 Å². The van der Waals surface area contributed by atoms with Crippen LogP contribution in [0, 0.1) is 23.4 Å². The largest absolute Gasteiger partial charge is 0.493 e. The van der Waals surface area contributed by atoms with Crippen LogP contribution in [-0.4, -0.2) is 18.2 Å². The summed E-state index contributed by atoms with van der Waals surface area (Å²) in [6.07, 6.45) is 1.33. The molecule has 0 bridgehead atoms. The molecule has 1 aliphatic carbocycles. The quantitative estimate of drug-likeness (QED) is 0.839. The Hall–Kier alpha value is -1.72. The van der Waals surface area contributed by atoms with E-state index in [0.717, 1.165) is 26.0 Å². The highest BCUT2D eigenvalue weighted by Crippen LogP contribution is 2.48. The van der Waals surface area contributed by atoms with Crippen molar-refractivity contribution >= 4 is 5.97 Å². The van der Waals surface area contributed by atoms with Gasteiger partial charge in [0.15, 0.2) is 17.4 Å². The summed E-state index contributed by atoms with van der Waals surface area (Å²) in [6, 6.07) is 0.836. The molecule has 0 amide bonds. The Morgan fingerprint density at radius 2 is 2.05 bits per heavy atom. The van der Waals surface area contributed by atoms with Crippen LogP contribution in [0.15, 0.2) is 6.07 Å². The molecule has 2 rings (SSSR count). The minimum absolute atomic E-state index is 0.0502. The van der Waals surface area contributed by atoms with E-state index in [2.05, 4.69) is 0 Å². The molecule has 1 aromatic carbocycles. The third kappa shape index (κ3) is 2.67. The van der Waals surface area contributed by atoms with Gasteiger partial charge >= 0.3 is 5.97 Å². The van der Waals surface area contributed by atoms with Crippen molar-refractivity contribution in [3.8, 4) is 5.75 Å². The average Bonchev–Trinajstić information content (AvgIpc) is 3.17. The standard InChI is InChI=1S/C13H13F3O3/c1-19-13-8(4-9(14)11(15)12(13)16)7(5-10(17)18)6-2-3-6/h4,6-7H,2-3,5H2,1H3,(H,17,18). The molecule has 1 saturated carbocycles. The SMILES string of the molecule is COc1c(C(CC(=O)O)C2CC2)cc(F)c(F)c1F. The highest BCUT2D eigenvalue weighted by atomic mass is 19.2. The number of hydrogen-bond acceptors (Lipinski definition) is 2. The second kappa shape index (κ2) is 5.11. The predicted octanol–water partition coefficient (Wildman–Crippen LogP) is 3.08. The van der Waals surface area contributed by atoms with Crippen LogP contribution in [0.1, 0.15) is 30.7 Å². The molecule has 0 spiro atoms. The zero-order valence-corrected chi connectivity index (χ0v) is 10.3. The van der Waals surface area contributed by atoms with Crippen LogP contribution in [0.4, 0.5) is 13.2 Å². The second-order valence-corrected chi connectivity index (χ2v) is 4.65. The maximum Gasteiger partial charge on any atom is 0.303 e. The Morgan fingerprint density at radius 1 is 1.42 bits per heavy atom. The van der Waals surface area contributed by atoms with E-state index in [9.17, 15) is 18.0 Å². The van der Waals surface area contributed by atoms with Crippen molar-refractivity contribution in [3.63, 3.8) is 0 Å². The van der Waals surface area contributed by atoms with Crippen molar-refractivity contribution in [2.75, 3.05) is 7.11 Å². The smallest absolute Gasteiger partial charge is 0.303 e. The number of ether oxygens (including phenoxy) is 1. The number of methoxy groups -OCH3 is 1. The van der Waals surface area contributed by atoms with E-state index >= 15 is 0 Å². The average molecular weight is 274 g/mol. The number of carbonyl (C=O) groups is 1. The van der Waals surface area contributed by atoms with E-state index in [-0.39, 0.29) is 17.9 Å². The summed E-state index contributed by atoms with van der Waals surface area (Å²) in [5.74, 6) is -6.32. The van der Waals surface area contributed by atoms with Crippen molar-refractivity contribution in [2.24, 2.45) is 5.92 Å². The summed E-state index contributed by atoms with van der Waals surface area (Å²) >= 11 is 0. The Balaban J connectivity index is 2.49. The maximum atomic E-state index is 13.6. The molecule has 0 saturated heterocycles. The van der Waals surface area contributed by atoms with Crippen LogP contribution in [0.25, 0.3) is 0 Å². The number of halogens is 3. The summed E-state index contributed by atoms with van der Waals surface area (Å²) in [5.41, 5.74) is 0.0869. The number of benzene rings is 1. The van der Waals surface area contributed by atoms with Crippen molar-refractivity contribution in [2.45, 2.75) is 25.2 Å². The maximum absolute atomic E-state index is 13.6. The molecule has 0 heterocycles. The normalized spacial score (nSPS) is 16.2. The number of rotatable bonds is 5. The molecule has 0 aromatic heterocycles. The van der Waals surface area contributed by atoms with Gasteiger partial charge in [-0.2, -0.15) is 4.39 Å². The fourth-order valence-electron chi connectivity index (χ4n) is 2.30. The first-order chi connectivity index (χ1) is 8.95. The Morgan fingerprint density at radius 3 is 2.53 bits per heavy atom. The van der Waals surface area contributed by atoms with Gasteiger partial charge in [-0.25, -0.2) is 8.78 Å². The van der Waals surface area contributed by atoms with Crippen LogP contribution in [-0.2, 0) is 4.79 Å². The zero-order chi connectivity index (χ0) is 14.2. The second-order valence-electron chi connectivity index (χ2n) is 4.65. The topological polar surface area (TPSA) is 46.5 Å². The summed E-state index contributed by atoms with van der Waals surface area (Å²) < 4.78 is 44.9. The van der Waals surface area contributed by atoms with Gasteiger partial charge in [-0.15, -0.1) is 0 Å². The van der Waals surface area contributed by atoms with Crippen LogP contribution in [0.2, 0.25) is 0 Å². The van der Waals surface area contributed by atoms with E-state index < -0.39 is 35.1 Å². The highest BCUT2D eigenvalue weighted by molar-refractivity contribution is 5.68. The van der Waals surface area contributed by atoms with Gasteiger partial charge in [-0.3, -0.25) is 4.79 Å². The molecule has 1 fully saturated rings. The molecule has 1 unspecified atom stereocenters. The first-order valence-corrected chi connectivity index (χ1v) is 5.88. The minimum atomic E-state index is -1.61. The molecule has 1 aliphatic rings. The lowest BCUT2D eigenvalue weighted by Crippen LogP contribution is -2.12. The summed E-state index contributed by atoms with van der Waals surface area (Å²) in [7, 11) is 1.14. The molecule has 1 aromatic rings. The molecular weight excluding hydrogens is 261 g/mol. The van der Waals surface area contributed by atoms with Gasteiger partial charge < -0.3 is 9.84 Å². The van der Waals surface area contributed by atoms with Crippen LogP contribution in [0.5, 0.6) is 5.75 Å². The number of hydrogen-bond donors (Lipinski definition) is 1. The molecular formula is C13H13F3O3. The number of carboxylic acids is 1. The number of carboxylic acid groups (broad SMARTS) is 1. The molecule has 6 heteroatoms. The first-order valence-electron chi connectivity index (χ1n) is 5.88. The van der Waals surface area contributed by atoms with E-state index in [1.807, 2.05) is 0 Å². The lowest BCUT2D eigenvalue weighted by Gasteiger charge is -2.18. The number of aliphatic carboxylic acids is 1. The van der Waals surface area contributed by atoms with Gasteiger partial charge in [0, 0.05) is 11.5 Å². The van der Waals surface area contributed by atoms with Crippen molar-refractivity contribution in [1.82, 2.24) is 0 Å². The molecule has 1 N–H and O–H groups in total. The zero-order valence-electron chi connectivity index (χ0n) is 10.3. The van der Waals surface area contributed by atoms with Crippen molar-refractivity contribution in [1.29, 1.82) is 0 Å². The van der Waals surface area contributed by atoms with Crippen molar-refractivity contribution in [3.05, 3.63) is 29.1 Å².